The van der Waals surface area contributed by atoms with E-state index in [0.29, 0.717) is 29.8 Å². The number of aromatic nitrogens is 2. The highest BCUT2D eigenvalue weighted by molar-refractivity contribution is 5.87. The van der Waals surface area contributed by atoms with Crippen LogP contribution in [0.5, 0.6) is 5.75 Å². The van der Waals surface area contributed by atoms with Gasteiger partial charge in [-0.25, -0.2) is 14.8 Å². The number of hydrogen-bond donors (Lipinski definition) is 3. The summed E-state index contributed by atoms with van der Waals surface area (Å²) < 4.78 is 5.79. The molecule has 0 spiro atoms. The number of ether oxygens (including phenoxy) is 1. The highest BCUT2D eigenvalue weighted by Crippen LogP contribution is 2.35. The second-order valence-electron chi connectivity index (χ2n) is 6.62. The van der Waals surface area contributed by atoms with Crippen LogP contribution >= 0.6 is 0 Å². The third kappa shape index (κ3) is 3.77. The maximum atomic E-state index is 11.0. The molecular formula is C22H17N5O3. The van der Waals surface area contributed by atoms with Crippen LogP contribution in [0.1, 0.15) is 27.2 Å². The van der Waals surface area contributed by atoms with Gasteiger partial charge in [-0.1, -0.05) is 24.3 Å². The predicted octanol–water partition coefficient (Wildman–Crippen LogP) is 3.79. The molecule has 4 rings (SSSR count). The Kier molecular flexibility index (Phi) is 5.01. The molecule has 3 aromatic rings. The number of aryl methyl sites for hydroxylation is 1. The molecule has 1 aliphatic heterocycles. The molecule has 1 aromatic heterocycles. The summed E-state index contributed by atoms with van der Waals surface area (Å²) in [6.45, 7) is 2.23. The van der Waals surface area contributed by atoms with E-state index in [1.54, 1.807) is 30.5 Å². The number of rotatable bonds is 5. The Morgan fingerprint density at radius 1 is 1.23 bits per heavy atom. The smallest absolute Gasteiger partial charge is 0.335 e. The summed E-state index contributed by atoms with van der Waals surface area (Å²) in [6, 6.07) is 16.1. The normalized spacial score (nSPS) is 13.5. The van der Waals surface area contributed by atoms with Crippen molar-refractivity contribution in [1.82, 2.24) is 9.97 Å². The van der Waals surface area contributed by atoms with Crippen LogP contribution in [0.25, 0.3) is 5.57 Å². The van der Waals surface area contributed by atoms with Gasteiger partial charge in [-0.05, 0) is 42.3 Å². The van der Waals surface area contributed by atoms with Gasteiger partial charge < -0.3 is 20.5 Å². The molecule has 0 amide bonds. The minimum absolute atomic E-state index is 0.225. The Bertz CT molecular complexity index is 1170. The van der Waals surface area contributed by atoms with E-state index < -0.39 is 5.97 Å². The number of carboxylic acid groups (broad SMARTS) is 1. The number of carboxylic acids is 1. The molecule has 2 aromatic carbocycles. The van der Waals surface area contributed by atoms with Gasteiger partial charge in [0, 0.05) is 12.7 Å². The molecule has 0 fully saturated rings. The van der Waals surface area contributed by atoms with Gasteiger partial charge in [-0.3, -0.25) is 0 Å². The summed E-state index contributed by atoms with van der Waals surface area (Å²) in [5.74, 6) is 0.357. The van der Waals surface area contributed by atoms with Crippen LogP contribution in [0.4, 0.5) is 11.6 Å². The zero-order chi connectivity index (χ0) is 21.1. The van der Waals surface area contributed by atoms with Crippen LogP contribution in [0.3, 0.4) is 0 Å². The Hall–Kier alpha value is -4.38. The summed E-state index contributed by atoms with van der Waals surface area (Å²) in [6.07, 6.45) is 1.64. The van der Waals surface area contributed by atoms with Crippen molar-refractivity contribution >= 4 is 23.2 Å². The first-order chi connectivity index (χ1) is 14.5. The van der Waals surface area contributed by atoms with E-state index in [1.807, 2.05) is 31.2 Å². The molecule has 0 radical (unpaired) electrons. The average molecular weight is 399 g/mol. The van der Waals surface area contributed by atoms with Crippen LogP contribution in [0, 0.1) is 18.3 Å². The van der Waals surface area contributed by atoms with Crippen molar-refractivity contribution in [1.29, 1.82) is 5.26 Å². The van der Waals surface area contributed by atoms with E-state index in [-0.39, 0.29) is 11.1 Å². The number of fused-ring (bicyclic) bond motifs is 1. The molecule has 0 unspecified atom stereocenters. The van der Waals surface area contributed by atoms with Crippen molar-refractivity contribution in [3.63, 3.8) is 0 Å². The monoisotopic (exact) mass is 399 g/mol. The quantitative estimate of drug-likeness (QED) is 0.554. The summed E-state index contributed by atoms with van der Waals surface area (Å²) in [7, 11) is 0. The Balaban J connectivity index is 1.56. The maximum Gasteiger partial charge on any atom is 0.335 e. The van der Waals surface area contributed by atoms with E-state index in [4.69, 9.17) is 9.84 Å². The molecule has 0 saturated carbocycles. The fourth-order valence-electron chi connectivity index (χ4n) is 2.97. The SMILES string of the molecule is Cc1cnc(NCc2ccc(C(=O)O)cc2)nc1/C(C#N)=C1/Nc2ccccc2O1. The second kappa shape index (κ2) is 7.93. The molecule has 0 bridgehead atoms. The molecule has 0 aliphatic carbocycles. The van der Waals surface area contributed by atoms with Crippen molar-refractivity contribution in [2.24, 2.45) is 0 Å². The zero-order valence-electron chi connectivity index (χ0n) is 16.0. The van der Waals surface area contributed by atoms with E-state index in [1.165, 1.54) is 0 Å². The highest BCUT2D eigenvalue weighted by atomic mass is 16.5. The van der Waals surface area contributed by atoms with Crippen molar-refractivity contribution < 1.29 is 14.6 Å². The van der Waals surface area contributed by atoms with Crippen molar-refractivity contribution in [3.05, 3.63) is 83.0 Å². The van der Waals surface area contributed by atoms with Gasteiger partial charge >= 0.3 is 5.97 Å². The van der Waals surface area contributed by atoms with Gasteiger partial charge in [0.05, 0.1) is 16.9 Å². The lowest BCUT2D eigenvalue weighted by atomic mass is 10.1. The standard InChI is InChI=1S/C22H17N5O3/c1-13-11-24-22(25-12-14-6-8-15(9-7-14)21(28)29)27-19(13)16(10-23)20-26-17-4-2-3-5-18(17)30-20/h2-9,11,26H,12H2,1H3,(H,28,29)(H,24,25,27)/b20-16-. The van der Waals surface area contributed by atoms with Crippen LogP contribution in [0.15, 0.2) is 60.6 Å². The molecule has 30 heavy (non-hydrogen) atoms. The number of nitrogens with one attached hydrogen (secondary N) is 2. The molecule has 0 atom stereocenters. The third-order valence-electron chi connectivity index (χ3n) is 4.55. The van der Waals surface area contributed by atoms with Gasteiger partial charge in [-0.15, -0.1) is 0 Å². The number of hydrogen-bond acceptors (Lipinski definition) is 7. The number of benzene rings is 2. The number of para-hydroxylation sites is 2. The number of nitrogens with zero attached hydrogens (tertiary/aromatic N) is 3. The maximum absolute atomic E-state index is 11.0. The molecule has 8 heteroatoms. The van der Waals surface area contributed by atoms with E-state index >= 15 is 0 Å². The number of carbonyl (C=O) groups is 1. The Morgan fingerprint density at radius 2 is 2.00 bits per heavy atom. The lowest BCUT2D eigenvalue weighted by Crippen LogP contribution is -2.09. The van der Waals surface area contributed by atoms with Gasteiger partial charge in [0.2, 0.25) is 11.8 Å². The molecule has 0 saturated heterocycles. The Labute approximate surface area is 172 Å². The third-order valence-corrected chi connectivity index (χ3v) is 4.55. The fourth-order valence-corrected chi connectivity index (χ4v) is 2.97. The Morgan fingerprint density at radius 3 is 2.70 bits per heavy atom. The molecule has 3 N–H and O–H groups in total. The minimum Gasteiger partial charge on any atom is -0.478 e. The molecule has 2 heterocycles. The van der Waals surface area contributed by atoms with E-state index in [2.05, 4.69) is 26.7 Å². The molecule has 1 aliphatic rings. The number of nitriles is 1. The minimum atomic E-state index is -0.969. The molecular weight excluding hydrogens is 382 g/mol. The van der Waals surface area contributed by atoms with Crippen molar-refractivity contribution in [3.8, 4) is 11.8 Å². The van der Waals surface area contributed by atoms with E-state index in [0.717, 1.165) is 16.8 Å². The number of allylic oxidation sites excluding steroid dienone is 1. The van der Waals surface area contributed by atoms with Crippen molar-refractivity contribution in [2.75, 3.05) is 10.6 Å². The predicted molar refractivity (Wildman–Crippen MR) is 111 cm³/mol. The second-order valence-corrected chi connectivity index (χ2v) is 6.62. The topological polar surface area (TPSA) is 120 Å². The summed E-state index contributed by atoms with van der Waals surface area (Å²) in [4.78, 5) is 19.7. The van der Waals surface area contributed by atoms with Crippen molar-refractivity contribution in [2.45, 2.75) is 13.5 Å². The van der Waals surface area contributed by atoms with Crippen LogP contribution in [-0.2, 0) is 6.54 Å². The van der Waals surface area contributed by atoms with E-state index in [9.17, 15) is 10.1 Å². The summed E-state index contributed by atoms with van der Waals surface area (Å²) >= 11 is 0. The average Bonchev–Trinajstić information content (AvgIpc) is 3.18. The summed E-state index contributed by atoms with van der Waals surface area (Å²) in [5.41, 5.74) is 3.36. The van der Waals surface area contributed by atoms with Crippen LogP contribution in [-0.4, -0.2) is 21.0 Å². The fraction of sp³-hybridized carbons (Fsp3) is 0.0909. The molecule has 148 valence electrons. The number of anilines is 2. The first-order valence-corrected chi connectivity index (χ1v) is 9.13. The van der Waals surface area contributed by atoms with Gasteiger partial charge in [-0.2, -0.15) is 5.26 Å². The lowest BCUT2D eigenvalue weighted by Gasteiger charge is -2.10. The number of aromatic carboxylic acids is 1. The largest absolute Gasteiger partial charge is 0.478 e. The molecule has 8 nitrogen and oxygen atoms in total. The van der Waals surface area contributed by atoms with Gasteiger partial charge in [0.1, 0.15) is 11.6 Å². The lowest BCUT2D eigenvalue weighted by molar-refractivity contribution is 0.0697. The first-order valence-electron chi connectivity index (χ1n) is 9.13. The first kappa shape index (κ1) is 19.0. The van der Waals surface area contributed by atoms with Gasteiger partial charge in [0.25, 0.3) is 0 Å². The van der Waals surface area contributed by atoms with Crippen LogP contribution in [0.2, 0.25) is 0 Å². The zero-order valence-corrected chi connectivity index (χ0v) is 16.0. The van der Waals surface area contributed by atoms with Gasteiger partial charge in [0.15, 0.2) is 5.75 Å². The van der Waals surface area contributed by atoms with Crippen LogP contribution < -0.4 is 15.4 Å². The highest BCUT2D eigenvalue weighted by Gasteiger charge is 2.23. The summed E-state index contributed by atoms with van der Waals surface area (Å²) in [5, 5.41) is 24.9.